The van der Waals surface area contributed by atoms with E-state index in [9.17, 15) is 9.59 Å². The highest BCUT2D eigenvalue weighted by atomic mass is 32.2. The molecule has 0 saturated carbocycles. The Hall–Kier alpha value is -3.38. The van der Waals surface area contributed by atoms with Crippen molar-refractivity contribution in [2.24, 2.45) is 0 Å². The van der Waals surface area contributed by atoms with Crippen LogP contribution in [0.15, 0.2) is 88.6 Å². The van der Waals surface area contributed by atoms with Crippen LogP contribution in [-0.2, 0) is 0 Å². The van der Waals surface area contributed by atoms with Crippen LogP contribution in [0.4, 0.5) is 0 Å². The maximum atomic E-state index is 13.3. The summed E-state index contributed by atoms with van der Waals surface area (Å²) in [4.78, 5) is 27.6. The molecule has 0 radical (unpaired) electrons. The number of benzene rings is 3. The fourth-order valence-electron chi connectivity index (χ4n) is 3.82. The molecule has 148 valence electrons. The Morgan fingerprint density at radius 3 is 2.47 bits per heavy atom. The summed E-state index contributed by atoms with van der Waals surface area (Å²) in [7, 11) is 0. The molecular weight excluding hydrogens is 394 g/mol. The van der Waals surface area contributed by atoms with E-state index < -0.39 is 0 Å². The Kier molecular flexibility index (Phi) is 4.85. The highest BCUT2D eigenvalue weighted by molar-refractivity contribution is 7.99. The number of rotatable bonds is 3. The lowest BCUT2D eigenvalue weighted by Gasteiger charge is -2.26. The number of aromatic nitrogens is 2. The average molecular weight is 414 g/mol. The molecule has 0 bridgehead atoms. The predicted octanol–water partition coefficient (Wildman–Crippen LogP) is 4.35. The summed E-state index contributed by atoms with van der Waals surface area (Å²) >= 11 is 1.81. The van der Waals surface area contributed by atoms with E-state index in [1.54, 1.807) is 30.3 Å². The van der Waals surface area contributed by atoms with E-state index in [1.807, 2.05) is 48.2 Å². The standard InChI is InChI=1S/C24H19N3O2S/c28-23(25-20-14-15-30-21-13-7-6-12-19(20)21)22-17-10-4-5-11-18(17)24(29)27(26-22)16-8-2-1-3-9-16/h1-13,20H,14-15H2,(H,25,28)/t20-/m0/s1. The smallest absolute Gasteiger partial charge is 0.279 e. The number of fused-ring (bicyclic) bond motifs is 2. The van der Waals surface area contributed by atoms with Gasteiger partial charge in [-0.25, -0.2) is 0 Å². The lowest BCUT2D eigenvalue weighted by molar-refractivity contribution is 0.0930. The molecule has 0 unspecified atom stereocenters. The number of nitrogens with zero attached hydrogens (tertiary/aromatic N) is 2. The molecule has 6 heteroatoms. The molecule has 1 amide bonds. The summed E-state index contributed by atoms with van der Waals surface area (Å²) in [6, 6.07) is 24.4. The van der Waals surface area contributed by atoms with Gasteiger partial charge in [-0.05, 0) is 36.2 Å². The van der Waals surface area contributed by atoms with Gasteiger partial charge in [-0.1, -0.05) is 54.6 Å². The van der Waals surface area contributed by atoms with E-state index in [1.165, 1.54) is 9.58 Å². The molecule has 1 aliphatic rings. The normalized spacial score (nSPS) is 15.5. The summed E-state index contributed by atoms with van der Waals surface area (Å²) in [5.74, 6) is 0.669. The number of carbonyl (C=O) groups is 1. The maximum absolute atomic E-state index is 13.3. The molecule has 5 nitrogen and oxygen atoms in total. The maximum Gasteiger partial charge on any atom is 0.279 e. The van der Waals surface area contributed by atoms with Crippen LogP contribution in [-0.4, -0.2) is 21.4 Å². The first-order chi connectivity index (χ1) is 14.7. The van der Waals surface area contributed by atoms with E-state index in [-0.39, 0.29) is 23.2 Å². The van der Waals surface area contributed by atoms with Crippen LogP contribution in [0.3, 0.4) is 0 Å². The molecule has 1 N–H and O–H groups in total. The lowest BCUT2D eigenvalue weighted by Crippen LogP contribution is -2.33. The van der Waals surface area contributed by atoms with Crippen molar-refractivity contribution in [2.45, 2.75) is 17.4 Å². The Morgan fingerprint density at radius 1 is 0.933 bits per heavy atom. The van der Waals surface area contributed by atoms with Gasteiger partial charge in [0.05, 0.1) is 17.1 Å². The third kappa shape index (κ3) is 3.29. The number of thioether (sulfide) groups is 1. The first-order valence-corrected chi connectivity index (χ1v) is 10.8. The highest BCUT2D eigenvalue weighted by Crippen LogP contribution is 2.36. The second-order valence-electron chi connectivity index (χ2n) is 7.15. The lowest BCUT2D eigenvalue weighted by atomic mass is 10.0. The van der Waals surface area contributed by atoms with Crippen molar-refractivity contribution in [1.82, 2.24) is 15.1 Å². The van der Waals surface area contributed by atoms with Gasteiger partial charge in [0.1, 0.15) is 0 Å². The van der Waals surface area contributed by atoms with Crippen LogP contribution in [0, 0.1) is 0 Å². The van der Waals surface area contributed by atoms with Gasteiger partial charge in [-0.2, -0.15) is 9.78 Å². The number of nitrogens with one attached hydrogen (secondary N) is 1. The van der Waals surface area contributed by atoms with Gasteiger partial charge in [0.15, 0.2) is 5.69 Å². The minimum absolute atomic E-state index is 0.0763. The first kappa shape index (κ1) is 18.6. The number of amides is 1. The molecule has 0 saturated heterocycles. The van der Waals surface area contributed by atoms with Crippen molar-refractivity contribution in [2.75, 3.05) is 5.75 Å². The molecule has 4 aromatic rings. The highest BCUT2D eigenvalue weighted by Gasteiger charge is 2.25. The van der Waals surface area contributed by atoms with Gasteiger partial charge in [0, 0.05) is 16.0 Å². The molecule has 30 heavy (non-hydrogen) atoms. The van der Waals surface area contributed by atoms with Crippen molar-refractivity contribution < 1.29 is 4.79 Å². The van der Waals surface area contributed by atoms with Crippen LogP contribution < -0.4 is 10.9 Å². The Labute approximate surface area is 177 Å². The largest absolute Gasteiger partial charge is 0.344 e. The number of hydrogen-bond donors (Lipinski definition) is 1. The SMILES string of the molecule is O=C(N[C@H]1CCSc2ccccc21)c1nn(-c2ccccc2)c(=O)c2ccccc12. The average Bonchev–Trinajstić information content (AvgIpc) is 2.80. The molecule has 3 aromatic carbocycles. The third-order valence-corrected chi connectivity index (χ3v) is 6.41. The molecule has 0 aliphatic carbocycles. The van der Waals surface area contributed by atoms with Gasteiger partial charge in [0.2, 0.25) is 0 Å². The Morgan fingerprint density at radius 2 is 1.63 bits per heavy atom. The fraction of sp³-hybridized carbons (Fsp3) is 0.125. The molecule has 5 rings (SSSR count). The van der Waals surface area contributed by atoms with E-state index in [2.05, 4.69) is 22.5 Å². The zero-order chi connectivity index (χ0) is 20.5. The third-order valence-electron chi connectivity index (χ3n) is 5.28. The van der Waals surface area contributed by atoms with Crippen molar-refractivity contribution in [1.29, 1.82) is 0 Å². The van der Waals surface area contributed by atoms with Gasteiger partial charge < -0.3 is 5.32 Å². The monoisotopic (exact) mass is 413 g/mol. The number of carbonyl (C=O) groups excluding carboxylic acids is 1. The second kappa shape index (κ2) is 7.80. The molecule has 2 heterocycles. The Balaban J connectivity index is 1.60. The molecule has 0 fully saturated rings. The second-order valence-corrected chi connectivity index (χ2v) is 8.28. The topological polar surface area (TPSA) is 64.0 Å². The quantitative estimate of drug-likeness (QED) is 0.542. The molecule has 1 aliphatic heterocycles. The fourth-order valence-corrected chi connectivity index (χ4v) is 4.95. The first-order valence-electron chi connectivity index (χ1n) is 9.82. The number of para-hydroxylation sites is 1. The van der Waals surface area contributed by atoms with E-state index in [0.29, 0.717) is 16.5 Å². The minimum atomic E-state index is -0.275. The van der Waals surface area contributed by atoms with Gasteiger partial charge in [0.25, 0.3) is 11.5 Å². The molecule has 1 aromatic heterocycles. The summed E-state index contributed by atoms with van der Waals surface area (Å²) in [5.41, 5.74) is 1.77. The van der Waals surface area contributed by atoms with Crippen molar-refractivity contribution in [3.63, 3.8) is 0 Å². The zero-order valence-corrected chi connectivity index (χ0v) is 16.9. The van der Waals surface area contributed by atoms with Crippen molar-refractivity contribution in [3.8, 4) is 5.69 Å². The summed E-state index contributed by atoms with van der Waals surface area (Å²) in [5, 5.41) is 8.66. The van der Waals surface area contributed by atoms with Crippen LogP contribution in [0.5, 0.6) is 0 Å². The summed E-state index contributed by atoms with van der Waals surface area (Å²) in [6.07, 6.45) is 0.851. The zero-order valence-electron chi connectivity index (χ0n) is 16.1. The molecular formula is C24H19N3O2S. The van der Waals surface area contributed by atoms with Crippen LogP contribution in [0.1, 0.15) is 28.5 Å². The van der Waals surface area contributed by atoms with Gasteiger partial charge in [-0.3, -0.25) is 9.59 Å². The number of hydrogen-bond acceptors (Lipinski definition) is 4. The van der Waals surface area contributed by atoms with Crippen molar-refractivity contribution in [3.05, 3.63) is 100 Å². The van der Waals surface area contributed by atoms with Gasteiger partial charge >= 0.3 is 0 Å². The van der Waals surface area contributed by atoms with E-state index >= 15 is 0 Å². The van der Waals surface area contributed by atoms with Crippen LogP contribution in [0.25, 0.3) is 16.5 Å². The van der Waals surface area contributed by atoms with Gasteiger partial charge in [-0.15, -0.1) is 11.8 Å². The minimum Gasteiger partial charge on any atom is -0.344 e. The predicted molar refractivity (Wildman–Crippen MR) is 119 cm³/mol. The van der Waals surface area contributed by atoms with E-state index in [0.717, 1.165) is 17.7 Å². The van der Waals surface area contributed by atoms with Crippen LogP contribution in [0.2, 0.25) is 0 Å². The Bertz CT molecular complexity index is 1300. The summed E-state index contributed by atoms with van der Waals surface area (Å²) < 4.78 is 1.31. The molecule has 1 atom stereocenters. The molecule has 0 spiro atoms. The summed E-state index contributed by atoms with van der Waals surface area (Å²) in [6.45, 7) is 0. The van der Waals surface area contributed by atoms with E-state index in [4.69, 9.17) is 0 Å². The van der Waals surface area contributed by atoms with Crippen molar-refractivity contribution >= 4 is 28.4 Å². The van der Waals surface area contributed by atoms with Crippen LogP contribution >= 0.6 is 11.8 Å².